The molecule has 5 nitrogen and oxygen atoms in total. The first-order valence-corrected chi connectivity index (χ1v) is 8.11. The fourth-order valence-electron chi connectivity index (χ4n) is 2.67. The maximum Gasteiger partial charge on any atom is 0.173 e. The molecule has 0 unspecified atom stereocenters. The Morgan fingerprint density at radius 1 is 1.17 bits per heavy atom. The van der Waals surface area contributed by atoms with Crippen molar-refractivity contribution in [1.29, 1.82) is 0 Å². The Labute approximate surface area is 141 Å². The lowest BCUT2D eigenvalue weighted by Gasteiger charge is -2.35. The summed E-state index contributed by atoms with van der Waals surface area (Å²) in [6.07, 6.45) is 1.72. The SMILES string of the molecule is COc1ccccc1NC(=S)N1CCN(Cc2ccco2)CC1. The maximum atomic E-state index is 5.54. The van der Waals surface area contributed by atoms with Crippen molar-refractivity contribution in [3.63, 3.8) is 0 Å². The predicted octanol–water partition coefficient (Wildman–Crippen LogP) is 2.80. The molecule has 23 heavy (non-hydrogen) atoms. The quantitative estimate of drug-likeness (QED) is 0.869. The lowest BCUT2D eigenvalue weighted by molar-refractivity contribution is 0.166. The minimum absolute atomic E-state index is 0.743. The summed E-state index contributed by atoms with van der Waals surface area (Å²) in [5, 5.41) is 4.03. The van der Waals surface area contributed by atoms with Crippen LogP contribution in [0.3, 0.4) is 0 Å². The average molecular weight is 331 g/mol. The topological polar surface area (TPSA) is 40.9 Å². The number of para-hydroxylation sites is 2. The highest BCUT2D eigenvalue weighted by Crippen LogP contribution is 2.23. The first kappa shape index (κ1) is 15.8. The van der Waals surface area contributed by atoms with Crippen LogP contribution in [0.15, 0.2) is 47.1 Å². The molecule has 0 radical (unpaired) electrons. The minimum Gasteiger partial charge on any atom is -0.495 e. The molecule has 1 saturated heterocycles. The Kier molecular flexibility index (Phi) is 5.15. The summed E-state index contributed by atoms with van der Waals surface area (Å²) in [5.41, 5.74) is 0.901. The third-order valence-corrected chi connectivity index (χ3v) is 4.33. The molecule has 3 rings (SSSR count). The van der Waals surface area contributed by atoms with Crippen LogP contribution >= 0.6 is 12.2 Å². The van der Waals surface area contributed by atoms with Crippen molar-refractivity contribution in [1.82, 2.24) is 9.80 Å². The Morgan fingerprint density at radius 3 is 2.65 bits per heavy atom. The van der Waals surface area contributed by atoms with Crippen molar-refractivity contribution in [3.8, 4) is 5.75 Å². The van der Waals surface area contributed by atoms with Crippen molar-refractivity contribution in [2.24, 2.45) is 0 Å². The van der Waals surface area contributed by atoms with E-state index in [1.807, 2.05) is 36.4 Å². The number of furan rings is 1. The molecule has 2 heterocycles. The Balaban J connectivity index is 1.52. The van der Waals surface area contributed by atoms with Gasteiger partial charge in [-0.2, -0.15) is 0 Å². The molecule has 0 spiro atoms. The minimum atomic E-state index is 0.743. The molecule has 1 aromatic carbocycles. The van der Waals surface area contributed by atoms with E-state index < -0.39 is 0 Å². The highest BCUT2D eigenvalue weighted by Gasteiger charge is 2.20. The number of thiocarbonyl (C=S) groups is 1. The number of rotatable bonds is 4. The van der Waals surface area contributed by atoms with E-state index in [1.54, 1.807) is 13.4 Å². The van der Waals surface area contributed by atoms with Crippen LogP contribution in [-0.4, -0.2) is 48.2 Å². The number of nitrogens with one attached hydrogen (secondary N) is 1. The van der Waals surface area contributed by atoms with Gasteiger partial charge in [-0.15, -0.1) is 0 Å². The monoisotopic (exact) mass is 331 g/mol. The number of nitrogens with zero attached hydrogens (tertiary/aromatic N) is 2. The molecule has 0 aliphatic carbocycles. The van der Waals surface area contributed by atoms with E-state index in [-0.39, 0.29) is 0 Å². The standard InChI is InChI=1S/C17H21N3O2S/c1-21-16-7-3-2-6-15(16)18-17(23)20-10-8-19(9-11-20)13-14-5-4-12-22-14/h2-7,12H,8-11,13H2,1H3,(H,18,23). The number of hydrogen-bond donors (Lipinski definition) is 1. The van der Waals surface area contributed by atoms with Crippen molar-refractivity contribution < 1.29 is 9.15 Å². The third-order valence-electron chi connectivity index (χ3n) is 3.97. The molecule has 1 fully saturated rings. The van der Waals surface area contributed by atoms with Crippen molar-refractivity contribution in [2.75, 3.05) is 38.6 Å². The van der Waals surface area contributed by atoms with Gasteiger partial charge in [-0.3, -0.25) is 4.90 Å². The molecule has 1 aliphatic heterocycles. The van der Waals surface area contributed by atoms with E-state index in [4.69, 9.17) is 21.4 Å². The van der Waals surface area contributed by atoms with Gasteiger partial charge < -0.3 is 19.4 Å². The fourth-order valence-corrected chi connectivity index (χ4v) is 2.97. The van der Waals surface area contributed by atoms with Crippen LogP contribution < -0.4 is 10.1 Å². The molecular weight excluding hydrogens is 310 g/mol. The van der Waals surface area contributed by atoms with Gasteiger partial charge in [0.1, 0.15) is 11.5 Å². The van der Waals surface area contributed by atoms with E-state index in [0.29, 0.717) is 0 Å². The van der Waals surface area contributed by atoms with Gasteiger partial charge in [0.05, 0.1) is 25.6 Å². The van der Waals surface area contributed by atoms with Crippen LogP contribution in [-0.2, 0) is 6.54 Å². The van der Waals surface area contributed by atoms with Gasteiger partial charge in [0.2, 0.25) is 0 Å². The highest BCUT2D eigenvalue weighted by molar-refractivity contribution is 7.80. The molecule has 122 valence electrons. The molecule has 2 aromatic rings. The molecule has 0 amide bonds. The summed E-state index contributed by atoms with van der Waals surface area (Å²) in [5.74, 6) is 1.81. The van der Waals surface area contributed by atoms with Gasteiger partial charge in [-0.05, 0) is 36.5 Å². The second-order valence-corrected chi connectivity index (χ2v) is 5.86. The summed E-state index contributed by atoms with van der Waals surface area (Å²) in [7, 11) is 1.66. The van der Waals surface area contributed by atoms with E-state index >= 15 is 0 Å². The molecule has 1 aliphatic rings. The van der Waals surface area contributed by atoms with Crippen LogP contribution in [0, 0.1) is 0 Å². The zero-order valence-corrected chi connectivity index (χ0v) is 14.0. The number of ether oxygens (including phenoxy) is 1. The average Bonchev–Trinajstić information content (AvgIpc) is 3.09. The first-order valence-electron chi connectivity index (χ1n) is 7.70. The van der Waals surface area contributed by atoms with Gasteiger partial charge >= 0.3 is 0 Å². The summed E-state index contributed by atoms with van der Waals surface area (Å²) >= 11 is 5.54. The second-order valence-electron chi connectivity index (χ2n) is 5.47. The number of benzene rings is 1. The third kappa shape index (κ3) is 4.03. The van der Waals surface area contributed by atoms with E-state index in [2.05, 4.69) is 15.1 Å². The number of hydrogen-bond acceptors (Lipinski definition) is 4. The van der Waals surface area contributed by atoms with Crippen LogP contribution in [0.5, 0.6) is 5.75 Å². The fraction of sp³-hybridized carbons (Fsp3) is 0.353. The highest BCUT2D eigenvalue weighted by atomic mass is 32.1. The molecule has 0 saturated carbocycles. The number of anilines is 1. The van der Waals surface area contributed by atoms with E-state index in [9.17, 15) is 0 Å². The largest absolute Gasteiger partial charge is 0.495 e. The van der Waals surface area contributed by atoms with Gasteiger partial charge in [-0.25, -0.2) is 0 Å². The van der Waals surface area contributed by atoms with E-state index in [0.717, 1.165) is 55.0 Å². The zero-order valence-electron chi connectivity index (χ0n) is 13.2. The summed E-state index contributed by atoms with van der Waals surface area (Å²) in [6.45, 7) is 4.60. The molecule has 1 N–H and O–H groups in total. The molecular formula is C17H21N3O2S. The normalized spacial score (nSPS) is 15.4. The molecule has 6 heteroatoms. The summed E-state index contributed by atoms with van der Waals surface area (Å²) in [4.78, 5) is 4.57. The van der Waals surface area contributed by atoms with Crippen LogP contribution in [0.25, 0.3) is 0 Å². The summed E-state index contributed by atoms with van der Waals surface area (Å²) < 4.78 is 10.8. The van der Waals surface area contributed by atoms with Crippen molar-refractivity contribution in [2.45, 2.75) is 6.54 Å². The zero-order chi connectivity index (χ0) is 16.1. The van der Waals surface area contributed by atoms with Gasteiger partial charge in [0.25, 0.3) is 0 Å². The second kappa shape index (κ2) is 7.48. The Bertz CT molecular complexity index is 637. The Morgan fingerprint density at radius 2 is 1.96 bits per heavy atom. The van der Waals surface area contributed by atoms with Crippen molar-refractivity contribution >= 4 is 23.0 Å². The van der Waals surface area contributed by atoms with Gasteiger partial charge in [-0.1, -0.05) is 12.1 Å². The smallest absolute Gasteiger partial charge is 0.173 e. The predicted molar refractivity (Wildman–Crippen MR) is 94.8 cm³/mol. The van der Waals surface area contributed by atoms with Gasteiger partial charge in [0.15, 0.2) is 5.11 Å². The number of methoxy groups -OCH3 is 1. The first-order chi connectivity index (χ1) is 11.3. The van der Waals surface area contributed by atoms with Crippen LogP contribution in [0.1, 0.15) is 5.76 Å². The van der Waals surface area contributed by atoms with Crippen molar-refractivity contribution in [3.05, 3.63) is 48.4 Å². The maximum absolute atomic E-state index is 5.54. The molecule has 0 bridgehead atoms. The van der Waals surface area contributed by atoms with Gasteiger partial charge in [0, 0.05) is 26.2 Å². The number of piperazine rings is 1. The van der Waals surface area contributed by atoms with Crippen LogP contribution in [0.4, 0.5) is 5.69 Å². The molecule has 1 aromatic heterocycles. The lowest BCUT2D eigenvalue weighted by atomic mass is 10.3. The van der Waals surface area contributed by atoms with Crippen LogP contribution in [0.2, 0.25) is 0 Å². The van der Waals surface area contributed by atoms with E-state index in [1.165, 1.54) is 0 Å². The Hall–Kier alpha value is -2.05. The summed E-state index contributed by atoms with van der Waals surface area (Å²) in [6, 6.07) is 11.7. The molecule has 0 atom stereocenters. The lowest BCUT2D eigenvalue weighted by Crippen LogP contribution is -2.49.